The summed E-state index contributed by atoms with van der Waals surface area (Å²) in [5.41, 5.74) is -0.687. The molecule has 2 aromatic rings. The number of aromatic nitrogens is 2. The minimum absolute atomic E-state index is 0.0721. The molecule has 0 aliphatic rings. The van der Waals surface area contributed by atoms with Crippen LogP contribution in [0.4, 0.5) is 24.7 Å². The Morgan fingerprint density at radius 3 is 2.38 bits per heavy atom. The van der Waals surface area contributed by atoms with Crippen molar-refractivity contribution in [3.63, 3.8) is 0 Å². The lowest BCUT2D eigenvalue weighted by Gasteiger charge is -2.20. The topological polar surface area (TPSA) is 66.9 Å². The summed E-state index contributed by atoms with van der Waals surface area (Å²) in [6.07, 6.45) is 0. The van der Waals surface area contributed by atoms with E-state index in [1.54, 1.807) is 6.92 Å². The van der Waals surface area contributed by atoms with Gasteiger partial charge < -0.3 is 10.6 Å². The predicted molar refractivity (Wildman–Crippen MR) is 83.6 cm³/mol. The molecule has 8 heteroatoms. The summed E-state index contributed by atoms with van der Waals surface area (Å²) in [7, 11) is 0. The Kier molecular flexibility index (Phi) is 4.77. The van der Waals surface area contributed by atoms with Gasteiger partial charge in [0, 0.05) is 11.6 Å². The summed E-state index contributed by atoms with van der Waals surface area (Å²) in [6.45, 7) is 7.00. The van der Waals surface area contributed by atoms with Crippen molar-refractivity contribution >= 4 is 17.4 Å². The smallest absolute Gasteiger partial charge is 0.270 e. The van der Waals surface area contributed by atoms with Crippen molar-refractivity contribution in [2.75, 3.05) is 5.32 Å². The van der Waals surface area contributed by atoms with Crippen LogP contribution in [-0.4, -0.2) is 21.4 Å². The molecule has 24 heavy (non-hydrogen) atoms. The number of nitrogens with one attached hydrogen (secondary N) is 2. The Hall–Kier alpha value is -2.64. The first-order valence-electron chi connectivity index (χ1n) is 7.15. The molecule has 0 atom stereocenters. The molecule has 2 rings (SSSR count). The first-order valence-corrected chi connectivity index (χ1v) is 7.15. The van der Waals surface area contributed by atoms with E-state index in [-0.39, 0.29) is 23.0 Å². The zero-order chi connectivity index (χ0) is 18.1. The molecule has 0 aliphatic carbocycles. The SMILES string of the molecule is Cc1nc(Nc2ccc(F)c(F)c2F)cc(C(=O)NC(C)(C)C)n1. The van der Waals surface area contributed by atoms with Crippen molar-refractivity contribution < 1.29 is 18.0 Å². The first-order chi connectivity index (χ1) is 11.1. The van der Waals surface area contributed by atoms with Crippen LogP contribution in [0.2, 0.25) is 0 Å². The molecule has 0 unspecified atom stereocenters. The zero-order valence-electron chi connectivity index (χ0n) is 13.7. The fourth-order valence-electron chi connectivity index (χ4n) is 1.91. The average Bonchev–Trinajstić information content (AvgIpc) is 2.45. The largest absolute Gasteiger partial charge is 0.346 e. The van der Waals surface area contributed by atoms with Gasteiger partial charge in [0.15, 0.2) is 17.5 Å². The molecular weight excluding hydrogens is 321 g/mol. The van der Waals surface area contributed by atoms with Gasteiger partial charge in [-0.1, -0.05) is 0 Å². The molecule has 0 aliphatic heterocycles. The van der Waals surface area contributed by atoms with E-state index in [1.165, 1.54) is 6.07 Å². The monoisotopic (exact) mass is 338 g/mol. The van der Waals surface area contributed by atoms with E-state index in [4.69, 9.17) is 0 Å². The van der Waals surface area contributed by atoms with E-state index in [1.807, 2.05) is 20.8 Å². The molecule has 2 N–H and O–H groups in total. The van der Waals surface area contributed by atoms with Crippen LogP contribution in [0.5, 0.6) is 0 Å². The van der Waals surface area contributed by atoms with Crippen LogP contribution < -0.4 is 10.6 Å². The highest BCUT2D eigenvalue weighted by atomic mass is 19.2. The van der Waals surface area contributed by atoms with E-state index < -0.39 is 28.9 Å². The lowest BCUT2D eigenvalue weighted by Crippen LogP contribution is -2.41. The van der Waals surface area contributed by atoms with Crippen LogP contribution in [0.15, 0.2) is 18.2 Å². The van der Waals surface area contributed by atoms with E-state index in [2.05, 4.69) is 20.6 Å². The molecule has 0 radical (unpaired) electrons. The van der Waals surface area contributed by atoms with Gasteiger partial charge in [0.2, 0.25) is 0 Å². The fourth-order valence-corrected chi connectivity index (χ4v) is 1.91. The summed E-state index contributed by atoms with van der Waals surface area (Å²) in [5.74, 6) is -4.32. The molecule has 1 aromatic heterocycles. The third-order valence-electron chi connectivity index (χ3n) is 2.86. The summed E-state index contributed by atoms with van der Waals surface area (Å²) < 4.78 is 40.0. The summed E-state index contributed by atoms with van der Waals surface area (Å²) in [5, 5.41) is 5.27. The van der Waals surface area contributed by atoms with Crippen LogP contribution in [0.3, 0.4) is 0 Å². The van der Waals surface area contributed by atoms with Crippen LogP contribution >= 0.6 is 0 Å². The number of hydrogen-bond donors (Lipinski definition) is 2. The predicted octanol–water partition coefficient (Wildman–Crippen LogP) is 3.47. The number of amides is 1. The third-order valence-corrected chi connectivity index (χ3v) is 2.86. The summed E-state index contributed by atoms with van der Waals surface area (Å²) in [4.78, 5) is 20.2. The van der Waals surface area contributed by atoms with Gasteiger partial charge in [0.1, 0.15) is 17.3 Å². The minimum atomic E-state index is -1.59. The molecule has 1 amide bonds. The maximum atomic E-state index is 13.7. The molecule has 0 saturated carbocycles. The number of carbonyl (C=O) groups excluding carboxylic acids is 1. The Morgan fingerprint density at radius 1 is 1.08 bits per heavy atom. The number of carbonyl (C=O) groups is 1. The van der Waals surface area contributed by atoms with Gasteiger partial charge in [-0.15, -0.1) is 0 Å². The van der Waals surface area contributed by atoms with E-state index >= 15 is 0 Å². The van der Waals surface area contributed by atoms with Gasteiger partial charge in [-0.3, -0.25) is 4.79 Å². The van der Waals surface area contributed by atoms with Crippen LogP contribution in [0.1, 0.15) is 37.1 Å². The summed E-state index contributed by atoms with van der Waals surface area (Å²) in [6, 6.07) is 3.14. The van der Waals surface area contributed by atoms with Crippen molar-refractivity contribution in [2.45, 2.75) is 33.2 Å². The van der Waals surface area contributed by atoms with Gasteiger partial charge in [-0.2, -0.15) is 0 Å². The van der Waals surface area contributed by atoms with Crippen LogP contribution in [0, 0.1) is 24.4 Å². The Bertz CT molecular complexity index is 788. The Morgan fingerprint density at radius 2 is 1.75 bits per heavy atom. The Balaban J connectivity index is 2.32. The maximum Gasteiger partial charge on any atom is 0.270 e. The highest BCUT2D eigenvalue weighted by molar-refractivity contribution is 5.93. The lowest BCUT2D eigenvalue weighted by atomic mass is 10.1. The second-order valence-corrected chi connectivity index (χ2v) is 6.24. The fraction of sp³-hybridized carbons (Fsp3) is 0.312. The molecule has 0 bridgehead atoms. The normalized spacial score (nSPS) is 11.3. The minimum Gasteiger partial charge on any atom is -0.346 e. The van der Waals surface area contributed by atoms with Crippen molar-refractivity contribution in [2.24, 2.45) is 0 Å². The van der Waals surface area contributed by atoms with Crippen molar-refractivity contribution in [3.05, 3.63) is 47.2 Å². The van der Waals surface area contributed by atoms with Crippen LogP contribution in [-0.2, 0) is 0 Å². The standard InChI is InChI=1S/C16H17F3N4O/c1-8-20-11(15(24)23-16(2,3)4)7-12(21-8)22-10-6-5-9(17)13(18)14(10)19/h5-7H,1-4H3,(H,23,24)(H,20,21,22). The molecule has 1 heterocycles. The second-order valence-electron chi connectivity index (χ2n) is 6.24. The van der Waals surface area contributed by atoms with Gasteiger partial charge in [-0.05, 0) is 39.8 Å². The highest BCUT2D eigenvalue weighted by Crippen LogP contribution is 2.23. The van der Waals surface area contributed by atoms with Crippen molar-refractivity contribution in [1.29, 1.82) is 0 Å². The van der Waals surface area contributed by atoms with Gasteiger partial charge in [0.25, 0.3) is 5.91 Å². The number of aryl methyl sites for hydroxylation is 1. The molecule has 0 fully saturated rings. The molecule has 128 valence electrons. The second kappa shape index (κ2) is 6.46. The maximum absolute atomic E-state index is 13.7. The summed E-state index contributed by atoms with van der Waals surface area (Å²) >= 11 is 0. The first kappa shape index (κ1) is 17.7. The van der Waals surface area contributed by atoms with E-state index in [0.29, 0.717) is 0 Å². The number of nitrogens with zero attached hydrogens (tertiary/aromatic N) is 2. The lowest BCUT2D eigenvalue weighted by molar-refractivity contribution is 0.0914. The number of hydrogen-bond acceptors (Lipinski definition) is 4. The van der Waals surface area contributed by atoms with Crippen molar-refractivity contribution in [3.8, 4) is 0 Å². The van der Waals surface area contributed by atoms with Crippen molar-refractivity contribution in [1.82, 2.24) is 15.3 Å². The molecule has 0 spiro atoms. The van der Waals surface area contributed by atoms with Gasteiger partial charge in [0.05, 0.1) is 5.69 Å². The van der Waals surface area contributed by atoms with E-state index in [9.17, 15) is 18.0 Å². The number of rotatable bonds is 3. The molecule has 5 nitrogen and oxygen atoms in total. The third kappa shape index (κ3) is 4.21. The number of halogens is 3. The van der Waals surface area contributed by atoms with Crippen LogP contribution in [0.25, 0.3) is 0 Å². The number of anilines is 2. The quantitative estimate of drug-likeness (QED) is 0.841. The zero-order valence-corrected chi connectivity index (χ0v) is 13.7. The van der Waals surface area contributed by atoms with Gasteiger partial charge >= 0.3 is 0 Å². The molecule has 0 saturated heterocycles. The van der Waals surface area contributed by atoms with Gasteiger partial charge in [-0.25, -0.2) is 23.1 Å². The Labute approximate surface area is 137 Å². The average molecular weight is 338 g/mol. The molecule has 1 aromatic carbocycles. The number of benzene rings is 1. The highest BCUT2D eigenvalue weighted by Gasteiger charge is 2.19. The molecular formula is C16H17F3N4O. The van der Waals surface area contributed by atoms with E-state index in [0.717, 1.165) is 12.1 Å².